The maximum Gasteiger partial charge on any atom is 0.415 e. The highest BCUT2D eigenvalue weighted by atomic mass is 31.2. The van der Waals surface area contributed by atoms with Crippen molar-refractivity contribution < 1.29 is 9.13 Å². The van der Waals surface area contributed by atoms with Crippen LogP contribution in [0.2, 0.25) is 0 Å². The Morgan fingerprint density at radius 2 is 1.25 bits per heavy atom. The minimum Gasteiger partial charge on any atom is -0.297 e. The molecule has 0 amide bonds. The molecule has 4 aromatic carbocycles. The van der Waals surface area contributed by atoms with E-state index in [-0.39, 0.29) is 5.41 Å². The van der Waals surface area contributed by atoms with Crippen molar-refractivity contribution in [3.63, 3.8) is 0 Å². The van der Waals surface area contributed by atoms with Crippen molar-refractivity contribution in [1.29, 1.82) is 0 Å². The Morgan fingerprint density at radius 3 is 1.91 bits per heavy atom. The van der Waals surface area contributed by atoms with E-state index < -0.39 is 15.1 Å². The molecule has 1 aliphatic rings. The monoisotopic (exact) mass is 456 g/mol. The standard InChI is InChI=1S/C27H24NO2P2/c1-27(2)25-17-20(31(29)19-9-5-3-6-10-19)13-15-23(25)24-16-14-22(18-26(24)27)32(28,30)21-11-7-4-8-12-21/h3-18H,1-2H3,(H2,28,30)/q+1. The van der Waals surface area contributed by atoms with Gasteiger partial charge in [-0.2, -0.15) is 0 Å². The van der Waals surface area contributed by atoms with Gasteiger partial charge in [-0.3, -0.25) is 10.1 Å². The van der Waals surface area contributed by atoms with Gasteiger partial charge in [-0.25, -0.2) is 0 Å². The summed E-state index contributed by atoms with van der Waals surface area (Å²) in [5, 5.41) is 2.94. The molecule has 0 saturated heterocycles. The minimum absolute atomic E-state index is 0.319. The van der Waals surface area contributed by atoms with Crippen LogP contribution in [0.1, 0.15) is 25.0 Å². The largest absolute Gasteiger partial charge is 0.415 e. The molecule has 5 rings (SSSR count). The third-order valence-corrected chi connectivity index (χ3v) is 10.0. The van der Waals surface area contributed by atoms with E-state index >= 15 is 0 Å². The average molecular weight is 456 g/mol. The Bertz CT molecular complexity index is 1400. The Hall–Kier alpha value is -2.83. The summed E-state index contributed by atoms with van der Waals surface area (Å²) in [6.45, 7) is 4.32. The SMILES string of the molecule is CC1(C)c2cc([P+](=O)c3ccccc3)ccc2-c2ccc(P(N)(=O)c3ccccc3)cc21. The third kappa shape index (κ3) is 3.29. The maximum absolute atomic E-state index is 13.5. The summed E-state index contributed by atoms with van der Waals surface area (Å²) in [6.07, 6.45) is 0. The van der Waals surface area contributed by atoms with E-state index in [0.717, 1.165) is 32.9 Å². The predicted octanol–water partition coefficient (Wildman–Crippen LogP) is 4.96. The van der Waals surface area contributed by atoms with E-state index in [1.807, 2.05) is 84.9 Å². The lowest BCUT2D eigenvalue weighted by Crippen LogP contribution is -2.24. The van der Waals surface area contributed by atoms with Gasteiger partial charge in [0, 0.05) is 16.0 Å². The van der Waals surface area contributed by atoms with Gasteiger partial charge in [0.1, 0.15) is 0 Å². The Labute approximate surface area is 189 Å². The minimum atomic E-state index is -3.19. The van der Waals surface area contributed by atoms with Crippen molar-refractivity contribution in [2.75, 3.05) is 0 Å². The molecule has 2 atom stereocenters. The third-order valence-electron chi connectivity index (χ3n) is 6.39. The molecule has 32 heavy (non-hydrogen) atoms. The van der Waals surface area contributed by atoms with E-state index in [9.17, 15) is 9.13 Å². The topological polar surface area (TPSA) is 60.2 Å². The molecular formula is C27H24NO2P2+. The van der Waals surface area contributed by atoms with Crippen LogP contribution < -0.4 is 26.7 Å². The molecule has 158 valence electrons. The molecule has 0 spiro atoms. The van der Waals surface area contributed by atoms with E-state index in [2.05, 4.69) is 26.0 Å². The van der Waals surface area contributed by atoms with Crippen LogP contribution in [0.5, 0.6) is 0 Å². The van der Waals surface area contributed by atoms with Crippen LogP contribution in [0.4, 0.5) is 0 Å². The van der Waals surface area contributed by atoms with Crippen molar-refractivity contribution in [3.05, 3.63) is 108 Å². The number of hydrogen-bond acceptors (Lipinski definition) is 2. The summed E-state index contributed by atoms with van der Waals surface area (Å²) >= 11 is 0. The average Bonchev–Trinajstić information content (AvgIpc) is 3.06. The molecule has 3 nitrogen and oxygen atoms in total. The summed E-state index contributed by atoms with van der Waals surface area (Å²) < 4.78 is 26.7. The molecular weight excluding hydrogens is 432 g/mol. The molecule has 0 aliphatic heterocycles. The molecule has 0 radical (unpaired) electrons. The molecule has 0 bridgehead atoms. The first-order valence-corrected chi connectivity index (χ1v) is 13.6. The van der Waals surface area contributed by atoms with Gasteiger partial charge in [0.15, 0.2) is 10.6 Å². The highest BCUT2D eigenvalue weighted by molar-refractivity contribution is 7.76. The summed E-state index contributed by atoms with van der Waals surface area (Å²) in [5.74, 6) is 0. The fourth-order valence-corrected chi connectivity index (χ4v) is 7.28. The zero-order valence-corrected chi connectivity index (χ0v) is 19.8. The van der Waals surface area contributed by atoms with Gasteiger partial charge in [-0.1, -0.05) is 60.9 Å². The van der Waals surface area contributed by atoms with Crippen LogP contribution in [0.25, 0.3) is 11.1 Å². The van der Waals surface area contributed by atoms with Gasteiger partial charge >= 0.3 is 7.80 Å². The predicted molar refractivity (Wildman–Crippen MR) is 135 cm³/mol. The fraction of sp³-hybridized carbons (Fsp3) is 0.111. The lowest BCUT2D eigenvalue weighted by atomic mass is 9.82. The smallest absolute Gasteiger partial charge is 0.297 e. The molecule has 2 N–H and O–H groups in total. The Balaban J connectivity index is 1.59. The van der Waals surface area contributed by atoms with Gasteiger partial charge < -0.3 is 0 Å². The maximum atomic E-state index is 13.5. The van der Waals surface area contributed by atoms with Crippen LogP contribution in [0, 0.1) is 0 Å². The summed E-state index contributed by atoms with van der Waals surface area (Å²) in [4.78, 5) is 0. The highest BCUT2D eigenvalue weighted by Crippen LogP contribution is 2.49. The molecule has 0 fully saturated rings. The van der Waals surface area contributed by atoms with Gasteiger partial charge in [-0.15, -0.1) is 0 Å². The normalized spacial score (nSPS) is 16.0. The Morgan fingerprint density at radius 1 is 0.688 bits per heavy atom. The zero-order chi connectivity index (χ0) is 22.5. The lowest BCUT2D eigenvalue weighted by Gasteiger charge is -2.23. The van der Waals surface area contributed by atoms with E-state index in [1.165, 1.54) is 0 Å². The van der Waals surface area contributed by atoms with Crippen LogP contribution in [0.15, 0.2) is 97.1 Å². The molecule has 2 unspecified atom stereocenters. The molecule has 0 heterocycles. The molecule has 0 aromatic heterocycles. The molecule has 5 heteroatoms. The molecule has 4 aromatic rings. The first kappa shape index (κ1) is 21.0. The second kappa shape index (κ2) is 7.64. The van der Waals surface area contributed by atoms with Gasteiger partial charge in [-0.05, 0) is 76.9 Å². The zero-order valence-electron chi connectivity index (χ0n) is 18.0. The molecule has 1 aliphatic carbocycles. The molecule has 0 saturated carbocycles. The second-order valence-corrected chi connectivity index (χ2v) is 12.7. The van der Waals surface area contributed by atoms with Crippen LogP contribution in [0.3, 0.4) is 0 Å². The van der Waals surface area contributed by atoms with Crippen LogP contribution in [-0.2, 0) is 14.5 Å². The Kier molecular flexibility index (Phi) is 5.02. The number of rotatable bonds is 4. The lowest BCUT2D eigenvalue weighted by molar-refractivity contribution is 0.588. The second-order valence-electron chi connectivity index (χ2n) is 8.71. The van der Waals surface area contributed by atoms with Gasteiger partial charge in [0.2, 0.25) is 7.29 Å². The van der Waals surface area contributed by atoms with Crippen molar-refractivity contribution in [3.8, 4) is 11.1 Å². The highest BCUT2D eigenvalue weighted by Gasteiger charge is 2.39. The van der Waals surface area contributed by atoms with Crippen molar-refractivity contribution >= 4 is 36.3 Å². The van der Waals surface area contributed by atoms with Crippen LogP contribution in [-0.4, -0.2) is 0 Å². The van der Waals surface area contributed by atoms with Crippen LogP contribution >= 0.6 is 15.1 Å². The summed E-state index contributed by atoms with van der Waals surface area (Å²) in [5.41, 5.74) is 10.5. The first-order chi connectivity index (χ1) is 15.3. The van der Waals surface area contributed by atoms with Crippen molar-refractivity contribution in [1.82, 2.24) is 0 Å². The van der Waals surface area contributed by atoms with E-state index in [0.29, 0.717) is 10.6 Å². The number of hydrogen-bond donors (Lipinski definition) is 1. The quantitative estimate of drug-likeness (QED) is 0.442. The van der Waals surface area contributed by atoms with E-state index in [1.54, 1.807) is 0 Å². The number of benzene rings is 4. The fourth-order valence-electron chi connectivity index (χ4n) is 4.56. The first-order valence-electron chi connectivity index (χ1n) is 10.6. The number of fused-ring (bicyclic) bond motifs is 3. The summed E-state index contributed by atoms with van der Waals surface area (Å²) in [7, 11) is -4.86. The van der Waals surface area contributed by atoms with Gasteiger partial charge in [0.05, 0.1) is 0 Å². The van der Waals surface area contributed by atoms with Crippen molar-refractivity contribution in [2.45, 2.75) is 19.3 Å². The number of nitrogens with two attached hydrogens (primary N) is 1. The van der Waals surface area contributed by atoms with Gasteiger partial charge in [0.25, 0.3) is 0 Å². The summed E-state index contributed by atoms with van der Waals surface area (Å²) in [6, 6.07) is 30.8. The van der Waals surface area contributed by atoms with Crippen molar-refractivity contribution in [2.24, 2.45) is 5.50 Å². The van der Waals surface area contributed by atoms with E-state index in [4.69, 9.17) is 5.50 Å².